The first kappa shape index (κ1) is 23.0. The van der Waals surface area contributed by atoms with Crippen LogP contribution in [0.4, 0.5) is 18.3 Å². The fourth-order valence-corrected chi connectivity index (χ4v) is 5.76. The molecule has 2 aliphatic rings. The monoisotopic (exact) mass is 469 g/mol. The number of aromatic nitrogens is 1. The second kappa shape index (κ2) is 9.35. The molecule has 2 heterocycles. The number of carboxylic acids is 1. The third kappa shape index (κ3) is 5.06. The van der Waals surface area contributed by atoms with Gasteiger partial charge in [-0.05, 0) is 31.0 Å². The fraction of sp³-hybridized carbons (Fsp3) is 0.591. The Morgan fingerprint density at radius 2 is 1.81 bits per heavy atom. The van der Waals surface area contributed by atoms with Crippen LogP contribution in [0.25, 0.3) is 10.1 Å². The Hall–Kier alpha value is -2.20. The molecule has 0 amide bonds. The molecule has 1 aromatic heterocycles. The number of halogens is 3. The van der Waals surface area contributed by atoms with Gasteiger partial charge in [-0.1, -0.05) is 43.4 Å². The van der Waals surface area contributed by atoms with Gasteiger partial charge in [0.05, 0.1) is 21.2 Å². The number of anilines is 1. The molecule has 174 valence electrons. The molecular weight excluding hydrogens is 443 g/mol. The molecule has 10 heteroatoms. The highest BCUT2D eigenvalue weighted by molar-refractivity contribution is 7.22. The van der Waals surface area contributed by atoms with Crippen LogP contribution in [-0.2, 0) is 6.18 Å². The number of hydrogen-bond acceptors (Lipinski definition) is 6. The second-order valence-corrected chi connectivity index (χ2v) is 9.60. The number of nitrogens with zero attached hydrogens (tertiary/aromatic N) is 3. The van der Waals surface area contributed by atoms with Crippen LogP contribution in [0.15, 0.2) is 16.9 Å². The lowest BCUT2D eigenvalue weighted by molar-refractivity contribution is -0.137. The molecule has 1 saturated carbocycles. The van der Waals surface area contributed by atoms with E-state index in [-0.39, 0.29) is 10.1 Å². The van der Waals surface area contributed by atoms with Crippen LogP contribution in [0, 0.1) is 5.92 Å². The number of fused-ring (bicyclic) bond motifs is 1. The zero-order valence-electron chi connectivity index (χ0n) is 17.7. The van der Waals surface area contributed by atoms with Crippen LogP contribution in [0.5, 0.6) is 0 Å². The Morgan fingerprint density at radius 1 is 1.12 bits per heavy atom. The number of hydrogen-bond donors (Lipinski definition) is 1. The van der Waals surface area contributed by atoms with Crippen molar-refractivity contribution in [2.24, 2.45) is 5.92 Å². The van der Waals surface area contributed by atoms with Crippen LogP contribution < -0.4 is 10.5 Å². The minimum absolute atomic E-state index is 0.0280. The molecule has 1 aliphatic heterocycles. The van der Waals surface area contributed by atoms with Crippen LogP contribution in [0.1, 0.15) is 54.4 Å². The van der Waals surface area contributed by atoms with E-state index in [2.05, 4.69) is 9.88 Å². The minimum Gasteiger partial charge on any atom is -0.478 e. The smallest absolute Gasteiger partial charge is 0.416 e. The molecule has 1 aromatic carbocycles. The highest BCUT2D eigenvalue weighted by Gasteiger charge is 2.33. The molecule has 1 N–H and O–H groups in total. The Labute approximate surface area is 187 Å². The number of benzene rings is 1. The molecule has 0 spiro atoms. The number of rotatable bonds is 5. The summed E-state index contributed by atoms with van der Waals surface area (Å²) in [4.78, 5) is 32.5. The van der Waals surface area contributed by atoms with Gasteiger partial charge in [0.2, 0.25) is 0 Å². The maximum Gasteiger partial charge on any atom is 0.416 e. The van der Waals surface area contributed by atoms with E-state index < -0.39 is 28.8 Å². The molecule has 4 rings (SSSR count). The van der Waals surface area contributed by atoms with Crippen LogP contribution >= 0.6 is 11.3 Å². The summed E-state index contributed by atoms with van der Waals surface area (Å²) < 4.78 is 39.5. The van der Waals surface area contributed by atoms with Gasteiger partial charge < -0.3 is 10.0 Å². The van der Waals surface area contributed by atoms with Crippen molar-refractivity contribution in [2.45, 2.75) is 44.7 Å². The zero-order chi connectivity index (χ0) is 22.9. The highest BCUT2D eigenvalue weighted by Crippen LogP contribution is 2.35. The van der Waals surface area contributed by atoms with Gasteiger partial charge in [0, 0.05) is 26.2 Å². The summed E-state index contributed by atoms with van der Waals surface area (Å²) in [6.45, 7) is 3.95. The van der Waals surface area contributed by atoms with Crippen molar-refractivity contribution in [1.29, 1.82) is 0 Å². The normalized spacial score (nSPS) is 18.9. The van der Waals surface area contributed by atoms with Gasteiger partial charge in [-0.15, -0.1) is 0 Å². The Balaban J connectivity index is 1.51. The number of piperazine rings is 1. The number of aromatic carboxylic acids is 1. The van der Waals surface area contributed by atoms with Gasteiger partial charge in [0.15, 0.2) is 5.13 Å². The lowest BCUT2D eigenvalue weighted by Crippen LogP contribution is -2.47. The molecule has 0 atom stereocenters. The Kier molecular flexibility index (Phi) is 6.71. The van der Waals surface area contributed by atoms with Gasteiger partial charge in [0.1, 0.15) is 0 Å². The Morgan fingerprint density at radius 3 is 2.44 bits per heavy atom. The average molecular weight is 470 g/mol. The summed E-state index contributed by atoms with van der Waals surface area (Å²) in [5.41, 5.74) is -2.51. The second-order valence-electron chi connectivity index (χ2n) is 8.63. The third-order valence-electron chi connectivity index (χ3n) is 6.49. The molecular formula is C22H26F3N3O3S. The SMILES string of the molecule is O=C(O)c1cc(C(F)(F)F)cc2c(=O)nc(N3CCN(CCC4CCCCC4)CC3)sc12. The van der Waals surface area contributed by atoms with Gasteiger partial charge in [-0.25, -0.2) is 4.79 Å². The van der Waals surface area contributed by atoms with Crippen molar-refractivity contribution >= 4 is 32.5 Å². The van der Waals surface area contributed by atoms with Crippen molar-refractivity contribution in [1.82, 2.24) is 9.88 Å². The zero-order valence-corrected chi connectivity index (χ0v) is 18.5. The maximum absolute atomic E-state index is 13.2. The first-order valence-electron chi connectivity index (χ1n) is 11.0. The molecule has 6 nitrogen and oxygen atoms in total. The molecule has 1 saturated heterocycles. The standard InChI is InChI=1S/C22H26F3N3O3S/c23-22(24,25)15-12-16-18(17(13-15)20(30)31)32-21(26-19(16)29)28-10-8-27(9-11-28)7-6-14-4-2-1-3-5-14/h12-14H,1-11H2,(H,30,31). The largest absolute Gasteiger partial charge is 0.478 e. The molecule has 2 aromatic rings. The molecule has 32 heavy (non-hydrogen) atoms. The molecule has 0 bridgehead atoms. The van der Waals surface area contributed by atoms with Crippen LogP contribution in [0.3, 0.4) is 0 Å². The fourth-order valence-electron chi connectivity index (χ4n) is 4.62. The van der Waals surface area contributed by atoms with E-state index in [0.717, 1.165) is 36.9 Å². The lowest BCUT2D eigenvalue weighted by Gasteiger charge is -2.36. The molecule has 0 unspecified atom stereocenters. The number of carbonyl (C=O) groups is 1. The van der Waals surface area contributed by atoms with Gasteiger partial charge in [-0.3, -0.25) is 9.69 Å². The van der Waals surface area contributed by atoms with E-state index in [1.165, 1.54) is 38.5 Å². The van der Waals surface area contributed by atoms with E-state index in [9.17, 15) is 27.9 Å². The van der Waals surface area contributed by atoms with Gasteiger partial charge in [-0.2, -0.15) is 18.2 Å². The third-order valence-corrected chi connectivity index (χ3v) is 7.66. The van der Waals surface area contributed by atoms with Crippen molar-refractivity contribution in [3.8, 4) is 0 Å². The molecule has 2 fully saturated rings. The van der Waals surface area contributed by atoms with Gasteiger partial charge >= 0.3 is 12.1 Å². The topological polar surface area (TPSA) is 73.7 Å². The van der Waals surface area contributed by atoms with Crippen molar-refractivity contribution < 1.29 is 23.1 Å². The number of alkyl halides is 3. The quantitative estimate of drug-likeness (QED) is 0.697. The van der Waals surface area contributed by atoms with Gasteiger partial charge in [0.25, 0.3) is 5.56 Å². The summed E-state index contributed by atoms with van der Waals surface area (Å²) in [7, 11) is 0. The predicted octanol–water partition coefficient (Wildman–Crippen LogP) is 4.47. The van der Waals surface area contributed by atoms with E-state index in [0.29, 0.717) is 30.4 Å². The maximum atomic E-state index is 13.2. The molecule has 1 aliphatic carbocycles. The van der Waals surface area contributed by atoms with Crippen LogP contribution in [0.2, 0.25) is 0 Å². The van der Waals surface area contributed by atoms with E-state index in [4.69, 9.17) is 0 Å². The first-order chi connectivity index (χ1) is 15.2. The predicted molar refractivity (Wildman–Crippen MR) is 118 cm³/mol. The van der Waals surface area contributed by atoms with E-state index in [1.54, 1.807) is 0 Å². The lowest BCUT2D eigenvalue weighted by atomic mass is 9.87. The summed E-state index contributed by atoms with van der Waals surface area (Å²) in [6.07, 6.45) is 3.08. The first-order valence-corrected chi connectivity index (χ1v) is 11.8. The minimum atomic E-state index is -4.75. The van der Waals surface area contributed by atoms with Crippen molar-refractivity contribution in [3.05, 3.63) is 33.6 Å². The summed E-state index contributed by atoms with van der Waals surface area (Å²) in [5.74, 6) is -0.688. The summed E-state index contributed by atoms with van der Waals surface area (Å²) >= 11 is 0.967. The summed E-state index contributed by atoms with van der Waals surface area (Å²) in [6, 6.07) is 1.29. The number of carboxylic acid groups (broad SMARTS) is 1. The summed E-state index contributed by atoms with van der Waals surface area (Å²) in [5, 5.41) is 9.51. The van der Waals surface area contributed by atoms with E-state index >= 15 is 0 Å². The average Bonchev–Trinajstić information content (AvgIpc) is 2.77. The van der Waals surface area contributed by atoms with Crippen molar-refractivity contribution in [3.63, 3.8) is 0 Å². The molecule has 0 radical (unpaired) electrons. The van der Waals surface area contributed by atoms with Crippen LogP contribution in [-0.4, -0.2) is 53.7 Å². The Bertz CT molecular complexity index is 1040. The highest BCUT2D eigenvalue weighted by atomic mass is 32.1. The van der Waals surface area contributed by atoms with E-state index in [1.807, 2.05) is 4.90 Å². The van der Waals surface area contributed by atoms with Crippen molar-refractivity contribution in [2.75, 3.05) is 37.6 Å².